The molecule has 36 heavy (non-hydrogen) atoms. The highest BCUT2D eigenvalue weighted by molar-refractivity contribution is 8.15. The zero-order valence-electron chi connectivity index (χ0n) is 19.9. The number of rotatable bonds is 5. The molecule has 2 heterocycles. The highest BCUT2D eigenvalue weighted by Gasteiger charge is 2.39. The first-order valence-corrected chi connectivity index (χ1v) is 12.6. The number of aliphatic imine (C=N–C) groups is 1. The fourth-order valence-electron chi connectivity index (χ4n) is 4.17. The van der Waals surface area contributed by atoms with Gasteiger partial charge in [0.25, 0.3) is 5.91 Å². The molecule has 2 amide bonds. The fraction of sp³-hybridized carbons (Fsp3) is 0.214. The fourth-order valence-corrected chi connectivity index (χ4v) is 5.23. The van der Waals surface area contributed by atoms with E-state index in [1.807, 2.05) is 18.9 Å². The first-order chi connectivity index (χ1) is 17.4. The number of hydrazone groups is 1. The molecular weight excluding hydrogens is 475 g/mol. The van der Waals surface area contributed by atoms with Crippen LogP contribution in [-0.2, 0) is 9.59 Å². The molecule has 3 aromatic rings. The van der Waals surface area contributed by atoms with Crippen LogP contribution in [0.15, 0.2) is 82.9 Å². The molecule has 3 aromatic carbocycles. The molecule has 1 N–H and O–H groups in total. The molecule has 2 aliphatic rings. The van der Waals surface area contributed by atoms with Crippen LogP contribution in [0.5, 0.6) is 0 Å². The second kappa shape index (κ2) is 10.1. The van der Waals surface area contributed by atoms with Gasteiger partial charge in [-0.1, -0.05) is 71.4 Å². The van der Waals surface area contributed by atoms with E-state index in [2.05, 4.69) is 58.8 Å². The summed E-state index contributed by atoms with van der Waals surface area (Å²) in [7, 11) is 0. The average Bonchev–Trinajstić information content (AvgIpc) is 3.45. The van der Waals surface area contributed by atoms with Gasteiger partial charge in [-0.05, 0) is 49.2 Å². The van der Waals surface area contributed by atoms with E-state index < -0.39 is 5.25 Å². The summed E-state index contributed by atoms with van der Waals surface area (Å²) < 4.78 is 13.1. The molecule has 0 bridgehead atoms. The standard InChI is InChI=1S/C28H25FN4O2S/c1-17-3-7-19(8-4-17)23-15-24(20-9-5-18(2)6-10-20)33(32-23)28-31-27(35)25(36-28)16-26(34)30-22-13-11-21(29)12-14-22/h3-14,24-25H,15-16H2,1-2H3,(H,30,34)/t24-,25+/m0/s1. The first kappa shape index (κ1) is 23.9. The number of aryl methyl sites for hydroxylation is 2. The largest absolute Gasteiger partial charge is 0.326 e. The first-order valence-electron chi connectivity index (χ1n) is 11.7. The summed E-state index contributed by atoms with van der Waals surface area (Å²) in [6.07, 6.45) is 0.640. The molecule has 6 nitrogen and oxygen atoms in total. The van der Waals surface area contributed by atoms with Crippen molar-refractivity contribution in [2.45, 2.75) is 38.0 Å². The van der Waals surface area contributed by atoms with Crippen molar-refractivity contribution in [2.75, 3.05) is 5.32 Å². The summed E-state index contributed by atoms with van der Waals surface area (Å²) in [5, 5.41) is 9.27. The zero-order valence-corrected chi connectivity index (χ0v) is 20.8. The van der Waals surface area contributed by atoms with Gasteiger partial charge in [-0.25, -0.2) is 9.40 Å². The Balaban J connectivity index is 1.35. The summed E-state index contributed by atoms with van der Waals surface area (Å²) in [6, 6.07) is 21.9. The summed E-state index contributed by atoms with van der Waals surface area (Å²) in [4.78, 5) is 29.6. The molecular formula is C28H25FN4O2S. The quantitative estimate of drug-likeness (QED) is 0.493. The Bertz CT molecular complexity index is 1350. The number of amides is 2. The molecule has 5 rings (SSSR count). The van der Waals surface area contributed by atoms with Gasteiger partial charge in [-0.3, -0.25) is 9.59 Å². The Morgan fingerprint density at radius 3 is 2.31 bits per heavy atom. The van der Waals surface area contributed by atoms with Crippen molar-refractivity contribution in [1.29, 1.82) is 0 Å². The van der Waals surface area contributed by atoms with Crippen LogP contribution in [0.1, 0.15) is 41.1 Å². The number of anilines is 1. The van der Waals surface area contributed by atoms with Gasteiger partial charge in [0.15, 0.2) is 5.17 Å². The third kappa shape index (κ3) is 5.23. The second-order valence-corrected chi connectivity index (χ2v) is 10.2. The number of benzene rings is 3. The van der Waals surface area contributed by atoms with Crippen molar-refractivity contribution in [3.05, 3.63) is 101 Å². The van der Waals surface area contributed by atoms with Crippen molar-refractivity contribution in [1.82, 2.24) is 5.01 Å². The number of carbonyl (C=O) groups excluding carboxylic acids is 2. The summed E-state index contributed by atoms with van der Waals surface area (Å²) in [5.74, 6) is -1.07. The number of amidine groups is 1. The number of hydrogen-bond acceptors (Lipinski definition) is 5. The van der Waals surface area contributed by atoms with Crippen LogP contribution in [0.25, 0.3) is 0 Å². The Morgan fingerprint density at radius 1 is 1.00 bits per heavy atom. The van der Waals surface area contributed by atoms with Gasteiger partial charge >= 0.3 is 0 Å². The summed E-state index contributed by atoms with van der Waals surface area (Å²) in [5.41, 5.74) is 5.86. The number of halogens is 1. The van der Waals surface area contributed by atoms with Crippen LogP contribution >= 0.6 is 11.8 Å². The van der Waals surface area contributed by atoms with Gasteiger partial charge in [0.05, 0.1) is 11.8 Å². The lowest BCUT2D eigenvalue weighted by atomic mass is 9.97. The normalized spacial score (nSPS) is 19.3. The molecule has 2 atom stereocenters. The number of thioether (sulfide) groups is 1. The van der Waals surface area contributed by atoms with E-state index >= 15 is 0 Å². The van der Waals surface area contributed by atoms with Gasteiger partial charge in [0.1, 0.15) is 11.1 Å². The van der Waals surface area contributed by atoms with Crippen LogP contribution in [0.2, 0.25) is 0 Å². The maximum absolute atomic E-state index is 13.1. The smallest absolute Gasteiger partial charge is 0.262 e. The molecule has 0 aromatic heterocycles. The van der Waals surface area contributed by atoms with Crippen LogP contribution in [0.4, 0.5) is 10.1 Å². The predicted octanol–water partition coefficient (Wildman–Crippen LogP) is 5.62. The van der Waals surface area contributed by atoms with Crippen LogP contribution in [-0.4, -0.2) is 33.0 Å². The third-order valence-corrected chi connectivity index (χ3v) is 7.32. The van der Waals surface area contributed by atoms with Gasteiger partial charge < -0.3 is 5.32 Å². The van der Waals surface area contributed by atoms with Crippen molar-refractivity contribution in [3.63, 3.8) is 0 Å². The van der Waals surface area contributed by atoms with Crippen molar-refractivity contribution < 1.29 is 14.0 Å². The minimum atomic E-state index is -0.641. The number of nitrogens with zero attached hydrogens (tertiary/aromatic N) is 3. The molecule has 0 unspecified atom stereocenters. The minimum absolute atomic E-state index is 0.0363. The highest BCUT2D eigenvalue weighted by Crippen LogP contribution is 2.38. The number of hydrogen-bond donors (Lipinski definition) is 1. The maximum atomic E-state index is 13.1. The molecule has 0 spiro atoms. The van der Waals surface area contributed by atoms with E-state index in [9.17, 15) is 14.0 Å². The van der Waals surface area contributed by atoms with Gasteiger partial charge in [-0.15, -0.1) is 0 Å². The van der Waals surface area contributed by atoms with E-state index in [0.717, 1.165) is 22.4 Å². The van der Waals surface area contributed by atoms with E-state index in [-0.39, 0.29) is 30.1 Å². The molecule has 2 aliphatic heterocycles. The molecule has 0 aliphatic carbocycles. The minimum Gasteiger partial charge on any atom is -0.326 e. The van der Waals surface area contributed by atoms with Crippen LogP contribution in [0.3, 0.4) is 0 Å². The Morgan fingerprint density at radius 2 is 1.64 bits per heavy atom. The van der Waals surface area contributed by atoms with E-state index in [0.29, 0.717) is 17.3 Å². The topological polar surface area (TPSA) is 74.1 Å². The maximum Gasteiger partial charge on any atom is 0.262 e. The predicted molar refractivity (Wildman–Crippen MR) is 142 cm³/mol. The summed E-state index contributed by atoms with van der Waals surface area (Å²) in [6.45, 7) is 4.09. The molecule has 0 radical (unpaired) electrons. The van der Waals surface area contributed by atoms with Gasteiger partial charge in [-0.2, -0.15) is 10.1 Å². The van der Waals surface area contributed by atoms with Crippen LogP contribution in [0, 0.1) is 19.7 Å². The van der Waals surface area contributed by atoms with E-state index in [4.69, 9.17) is 5.10 Å². The van der Waals surface area contributed by atoms with Crippen molar-refractivity contribution in [3.8, 4) is 0 Å². The molecule has 0 saturated heterocycles. The number of nitrogens with one attached hydrogen (secondary N) is 1. The monoisotopic (exact) mass is 500 g/mol. The van der Waals surface area contributed by atoms with Crippen molar-refractivity contribution in [2.24, 2.45) is 10.1 Å². The lowest BCUT2D eigenvalue weighted by Crippen LogP contribution is -2.25. The molecule has 0 saturated carbocycles. The lowest BCUT2D eigenvalue weighted by molar-refractivity contribution is -0.121. The Kier molecular flexibility index (Phi) is 6.69. The molecule has 182 valence electrons. The Labute approximate surface area is 213 Å². The molecule has 8 heteroatoms. The summed E-state index contributed by atoms with van der Waals surface area (Å²) >= 11 is 1.26. The molecule has 0 fully saturated rings. The average molecular weight is 501 g/mol. The SMILES string of the molecule is Cc1ccc(C2=NN(C3=NC(=O)[C@@H](CC(=O)Nc4ccc(F)cc4)S3)[C@H](c3ccc(C)cc3)C2)cc1. The zero-order chi connectivity index (χ0) is 25.2. The van der Waals surface area contributed by atoms with E-state index in [1.165, 1.54) is 41.6 Å². The van der Waals surface area contributed by atoms with Gasteiger partial charge in [0.2, 0.25) is 5.91 Å². The second-order valence-electron chi connectivity index (χ2n) is 8.99. The highest BCUT2D eigenvalue weighted by atomic mass is 32.2. The van der Waals surface area contributed by atoms with Crippen molar-refractivity contribution >= 4 is 40.1 Å². The third-order valence-electron chi connectivity index (χ3n) is 6.18. The lowest BCUT2D eigenvalue weighted by Gasteiger charge is -2.23. The Hall–Kier alpha value is -3.78. The van der Waals surface area contributed by atoms with Gasteiger partial charge in [0, 0.05) is 18.5 Å². The van der Waals surface area contributed by atoms with E-state index in [1.54, 1.807) is 0 Å². The number of carbonyl (C=O) groups is 2. The van der Waals surface area contributed by atoms with Crippen LogP contribution < -0.4 is 5.32 Å².